The lowest BCUT2D eigenvalue weighted by Crippen LogP contribution is -2.50. The van der Waals surface area contributed by atoms with E-state index in [4.69, 9.17) is 4.74 Å². The van der Waals surface area contributed by atoms with Crippen LogP contribution >= 0.6 is 11.8 Å². The molecule has 0 saturated carbocycles. The van der Waals surface area contributed by atoms with Crippen LogP contribution in [0.2, 0.25) is 0 Å². The van der Waals surface area contributed by atoms with E-state index in [0.29, 0.717) is 17.0 Å². The fourth-order valence-electron chi connectivity index (χ4n) is 2.13. The van der Waals surface area contributed by atoms with Gasteiger partial charge in [0.15, 0.2) is 5.44 Å². The van der Waals surface area contributed by atoms with Gasteiger partial charge in [-0.3, -0.25) is 4.98 Å². The lowest BCUT2D eigenvalue weighted by Gasteiger charge is -2.34. The molecule has 1 aliphatic heterocycles. The zero-order chi connectivity index (χ0) is 15.5. The molecular weight excluding hydrogens is 306 g/mol. The number of aliphatic hydroxyl groups is 3. The lowest BCUT2D eigenvalue weighted by atomic mass is 10.1. The summed E-state index contributed by atoms with van der Waals surface area (Å²) in [7, 11) is 0. The van der Waals surface area contributed by atoms with Crippen LogP contribution in [-0.2, 0) is 0 Å². The van der Waals surface area contributed by atoms with E-state index in [2.05, 4.69) is 15.0 Å². The van der Waals surface area contributed by atoms with E-state index < -0.39 is 23.7 Å². The normalized spacial score (nSPS) is 28.3. The average molecular weight is 321 g/mol. The molecule has 3 heterocycles. The molecular formula is C14H15N3O4S. The number of nitrogens with zero attached hydrogens (tertiary/aromatic N) is 3. The maximum atomic E-state index is 10.0. The number of thioether (sulfide) groups is 1. The summed E-state index contributed by atoms with van der Waals surface area (Å²) in [4.78, 5) is 12.2. The van der Waals surface area contributed by atoms with E-state index in [1.54, 1.807) is 30.7 Å². The van der Waals surface area contributed by atoms with Crippen molar-refractivity contribution in [3.63, 3.8) is 0 Å². The fourth-order valence-corrected chi connectivity index (χ4v) is 3.25. The van der Waals surface area contributed by atoms with Crippen molar-refractivity contribution in [2.45, 2.75) is 23.7 Å². The Hall–Kier alpha value is -1.74. The van der Waals surface area contributed by atoms with Gasteiger partial charge in [0.1, 0.15) is 30.0 Å². The number of hydrogen-bond donors (Lipinski definition) is 3. The first-order valence-corrected chi connectivity index (χ1v) is 7.74. The Morgan fingerprint density at radius 3 is 2.68 bits per heavy atom. The molecule has 0 aromatic carbocycles. The summed E-state index contributed by atoms with van der Waals surface area (Å²) in [5.74, 6) is 0.741. The predicted octanol–water partition coefficient (Wildman–Crippen LogP) is 0.0730. The molecule has 3 N–H and O–H groups in total. The summed E-state index contributed by atoms with van der Waals surface area (Å²) in [6.07, 6.45) is 2.90. The number of pyridine rings is 1. The van der Waals surface area contributed by atoms with Crippen LogP contribution in [0.5, 0.6) is 5.75 Å². The quantitative estimate of drug-likeness (QED) is 0.729. The monoisotopic (exact) mass is 321 g/mol. The minimum Gasteiger partial charge on any atom is -0.475 e. The topological polar surface area (TPSA) is 109 Å². The highest BCUT2D eigenvalue weighted by molar-refractivity contribution is 7.99. The Labute approximate surface area is 131 Å². The van der Waals surface area contributed by atoms with Gasteiger partial charge in [0.2, 0.25) is 0 Å². The van der Waals surface area contributed by atoms with Gasteiger partial charge in [0.05, 0.1) is 6.10 Å². The van der Waals surface area contributed by atoms with Gasteiger partial charge in [0.25, 0.3) is 0 Å². The van der Waals surface area contributed by atoms with Gasteiger partial charge in [0, 0.05) is 29.9 Å². The molecule has 0 bridgehead atoms. The predicted molar refractivity (Wildman–Crippen MR) is 80.2 cm³/mol. The molecule has 116 valence electrons. The molecule has 8 heteroatoms. The zero-order valence-electron chi connectivity index (χ0n) is 11.5. The number of hydrogen-bond acceptors (Lipinski definition) is 8. The molecule has 4 atom stereocenters. The molecule has 1 saturated heterocycles. The first-order valence-electron chi connectivity index (χ1n) is 6.69. The Bertz CT molecular complexity index is 630. The second-order valence-corrected chi connectivity index (χ2v) is 5.98. The highest BCUT2D eigenvalue weighted by Crippen LogP contribution is 2.33. The van der Waals surface area contributed by atoms with E-state index in [1.807, 2.05) is 0 Å². The summed E-state index contributed by atoms with van der Waals surface area (Å²) in [6.45, 7) is 0. The maximum Gasteiger partial charge on any atom is 0.173 e. The standard InChI is InChI=1S/C14H15N3O4S/c18-9-6-22-14(13(20)12(9)19)21-10-2-1-3-17-11(10)8-4-15-7-16-5-8/h1-5,7,9,12-14,18-20H,6H2/t9-,12+,13-,14+/m1/s1. The van der Waals surface area contributed by atoms with Gasteiger partial charge in [-0.15, -0.1) is 11.8 Å². The first kappa shape index (κ1) is 15.2. The van der Waals surface area contributed by atoms with Crippen molar-refractivity contribution in [3.05, 3.63) is 37.1 Å². The third-order valence-electron chi connectivity index (χ3n) is 3.30. The number of aliphatic hydroxyl groups excluding tert-OH is 3. The highest BCUT2D eigenvalue weighted by atomic mass is 32.2. The van der Waals surface area contributed by atoms with Crippen molar-refractivity contribution < 1.29 is 20.1 Å². The van der Waals surface area contributed by atoms with Gasteiger partial charge < -0.3 is 20.1 Å². The molecule has 7 nitrogen and oxygen atoms in total. The minimum absolute atomic E-state index is 0.285. The highest BCUT2D eigenvalue weighted by Gasteiger charge is 2.38. The van der Waals surface area contributed by atoms with Crippen molar-refractivity contribution in [2.24, 2.45) is 0 Å². The third-order valence-corrected chi connectivity index (χ3v) is 4.54. The van der Waals surface area contributed by atoms with Gasteiger partial charge >= 0.3 is 0 Å². The molecule has 0 radical (unpaired) electrons. The second-order valence-electron chi connectivity index (χ2n) is 4.85. The number of rotatable bonds is 3. The van der Waals surface area contributed by atoms with Crippen LogP contribution in [0.3, 0.4) is 0 Å². The molecule has 0 amide bonds. The van der Waals surface area contributed by atoms with Gasteiger partial charge in [-0.2, -0.15) is 0 Å². The summed E-state index contributed by atoms with van der Waals surface area (Å²) in [6, 6.07) is 3.44. The van der Waals surface area contributed by atoms with E-state index >= 15 is 0 Å². The van der Waals surface area contributed by atoms with Crippen molar-refractivity contribution in [1.82, 2.24) is 15.0 Å². The summed E-state index contributed by atoms with van der Waals surface area (Å²) in [5, 5.41) is 29.3. The maximum absolute atomic E-state index is 10.0. The Balaban J connectivity index is 1.84. The van der Waals surface area contributed by atoms with Crippen LogP contribution in [0, 0.1) is 0 Å². The van der Waals surface area contributed by atoms with Gasteiger partial charge in [-0.1, -0.05) is 0 Å². The molecule has 22 heavy (non-hydrogen) atoms. The van der Waals surface area contributed by atoms with E-state index in [1.165, 1.54) is 18.1 Å². The largest absolute Gasteiger partial charge is 0.475 e. The van der Waals surface area contributed by atoms with Crippen LogP contribution < -0.4 is 4.74 Å². The van der Waals surface area contributed by atoms with Crippen molar-refractivity contribution in [1.29, 1.82) is 0 Å². The van der Waals surface area contributed by atoms with Crippen LogP contribution in [0.4, 0.5) is 0 Å². The number of ether oxygens (including phenoxy) is 1. The molecule has 1 fully saturated rings. The summed E-state index contributed by atoms with van der Waals surface area (Å²) >= 11 is 1.24. The van der Waals surface area contributed by atoms with Crippen molar-refractivity contribution in [2.75, 3.05) is 5.75 Å². The first-order chi connectivity index (χ1) is 10.7. The minimum atomic E-state index is -1.23. The molecule has 2 aromatic rings. The van der Waals surface area contributed by atoms with E-state index in [9.17, 15) is 15.3 Å². The second kappa shape index (κ2) is 6.57. The summed E-state index contributed by atoms with van der Waals surface area (Å²) < 4.78 is 5.80. The average Bonchev–Trinajstić information content (AvgIpc) is 2.57. The zero-order valence-corrected chi connectivity index (χ0v) is 12.3. The fraction of sp³-hybridized carbons (Fsp3) is 0.357. The lowest BCUT2D eigenvalue weighted by molar-refractivity contribution is -0.0785. The van der Waals surface area contributed by atoms with E-state index in [-0.39, 0.29) is 5.75 Å². The molecule has 2 aromatic heterocycles. The van der Waals surface area contributed by atoms with Crippen LogP contribution in [0.15, 0.2) is 37.1 Å². The Morgan fingerprint density at radius 1 is 1.14 bits per heavy atom. The van der Waals surface area contributed by atoms with Gasteiger partial charge in [-0.05, 0) is 12.1 Å². The molecule has 0 aliphatic carbocycles. The van der Waals surface area contributed by atoms with Crippen molar-refractivity contribution in [3.8, 4) is 17.0 Å². The third kappa shape index (κ3) is 3.05. The molecule has 0 unspecified atom stereocenters. The van der Waals surface area contributed by atoms with Gasteiger partial charge in [-0.25, -0.2) is 9.97 Å². The smallest absolute Gasteiger partial charge is 0.173 e. The Kier molecular flexibility index (Phi) is 4.53. The van der Waals surface area contributed by atoms with E-state index in [0.717, 1.165) is 0 Å². The van der Waals surface area contributed by atoms with Crippen LogP contribution in [0.1, 0.15) is 0 Å². The molecule has 3 rings (SSSR count). The van der Waals surface area contributed by atoms with Crippen LogP contribution in [0.25, 0.3) is 11.3 Å². The Morgan fingerprint density at radius 2 is 1.91 bits per heavy atom. The number of aromatic nitrogens is 3. The molecule has 1 aliphatic rings. The summed E-state index contributed by atoms with van der Waals surface area (Å²) in [5.41, 5.74) is 0.552. The van der Waals surface area contributed by atoms with Crippen molar-refractivity contribution >= 4 is 11.8 Å². The SMILES string of the molecule is O[C@@H]1[C@@H](O)[C@@H](Oc2cccnc2-c2cncnc2)SC[C@H]1O. The van der Waals surface area contributed by atoms with Crippen LogP contribution in [-0.4, -0.2) is 59.8 Å². The molecule has 0 spiro atoms.